The molecule has 36 heavy (non-hydrogen) atoms. The third kappa shape index (κ3) is 6.03. The zero-order valence-corrected chi connectivity index (χ0v) is 21.7. The van der Waals surface area contributed by atoms with Gasteiger partial charge in [-0.3, -0.25) is 4.79 Å². The predicted octanol–water partition coefficient (Wildman–Crippen LogP) is 2.37. The molecular formula is C25H32FN3O6S. The summed E-state index contributed by atoms with van der Waals surface area (Å²) in [6, 6.07) is 6.79. The Labute approximate surface area is 211 Å². The van der Waals surface area contributed by atoms with Gasteiger partial charge < -0.3 is 19.3 Å². The molecule has 1 aliphatic rings. The highest BCUT2D eigenvalue weighted by molar-refractivity contribution is 7.89. The molecule has 0 aromatic heterocycles. The Kier molecular flexibility index (Phi) is 9.04. The van der Waals surface area contributed by atoms with Gasteiger partial charge in [0, 0.05) is 25.2 Å². The van der Waals surface area contributed by atoms with Crippen LogP contribution in [-0.2, 0) is 26.0 Å². The number of nitrogens with one attached hydrogen (secondary N) is 1. The summed E-state index contributed by atoms with van der Waals surface area (Å²) in [4.78, 5) is 29.3. The van der Waals surface area contributed by atoms with E-state index in [1.165, 1.54) is 37.3 Å². The molecule has 196 valence electrons. The second-order valence-electron chi connectivity index (χ2n) is 8.58. The average molecular weight is 522 g/mol. The molecule has 1 N–H and O–H groups in total. The van der Waals surface area contributed by atoms with Crippen molar-refractivity contribution in [3.05, 3.63) is 58.9 Å². The SMILES string of the molecule is CCCN(C)CCNS(=O)(=O)c1cc2c(cc1OC)CCN(C(=O)c1ccc(F)cc1)C2C(=O)OC. The molecular weight excluding hydrogens is 489 g/mol. The predicted molar refractivity (Wildman–Crippen MR) is 132 cm³/mol. The second-order valence-corrected chi connectivity index (χ2v) is 10.3. The fourth-order valence-corrected chi connectivity index (χ4v) is 5.49. The number of halogens is 1. The Morgan fingerprint density at radius 3 is 2.47 bits per heavy atom. The number of nitrogens with zero attached hydrogens (tertiary/aromatic N) is 2. The third-order valence-corrected chi connectivity index (χ3v) is 7.59. The molecule has 3 rings (SSSR count). The van der Waals surface area contributed by atoms with Crippen LogP contribution in [0, 0.1) is 5.82 Å². The van der Waals surface area contributed by atoms with E-state index in [1.54, 1.807) is 6.07 Å². The molecule has 0 fully saturated rings. The molecule has 2 aromatic rings. The molecule has 1 aliphatic heterocycles. The monoisotopic (exact) mass is 521 g/mol. The van der Waals surface area contributed by atoms with Crippen LogP contribution in [0.25, 0.3) is 0 Å². The Hall–Kier alpha value is -3.02. The lowest BCUT2D eigenvalue weighted by Gasteiger charge is -2.36. The summed E-state index contributed by atoms with van der Waals surface area (Å²) >= 11 is 0. The third-order valence-electron chi connectivity index (χ3n) is 6.11. The van der Waals surface area contributed by atoms with E-state index in [0.717, 1.165) is 25.1 Å². The van der Waals surface area contributed by atoms with Gasteiger partial charge in [-0.05, 0) is 74.0 Å². The van der Waals surface area contributed by atoms with Crippen LogP contribution in [0.1, 0.15) is 40.9 Å². The Balaban J connectivity index is 1.99. The van der Waals surface area contributed by atoms with Crippen molar-refractivity contribution in [2.24, 2.45) is 0 Å². The zero-order valence-electron chi connectivity index (χ0n) is 20.9. The fraction of sp³-hybridized carbons (Fsp3) is 0.440. The first-order chi connectivity index (χ1) is 17.1. The number of carbonyl (C=O) groups excluding carboxylic acids is 2. The van der Waals surface area contributed by atoms with E-state index < -0.39 is 33.8 Å². The van der Waals surface area contributed by atoms with E-state index in [2.05, 4.69) is 4.72 Å². The number of hydrogen-bond donors (Lipinski definition) is 1. The normalized spacial score (nSPS) is 15.5. The quantitative estimate of drug-likeness (QED) is 0.479. The number of hydrogen-bond acceptors (Lipinski definition) is 7. The Bertz CT molecular complexity index is 1200. The van der Waals surface area contributed by atoms with Crippen LogP contribution in [-0.4, -0.2) is 77.5 Å². The Morgan fingerprint density at radius 2 is 1.86 bits per heavy atom. The van der Waals surface area contributed by atoms with Crippen LogP contribution in [0.2, 0.25) is 0 Å². The molecule has 0 radical (unpaired) electrons. The number of amides is 1. The summed E-state index contributed by atoms with van der Waals surface area (Å²) in [6.45, 7) is 3.77. The van der Waals surface area contributed by atoms with E-state index in [9.17, 15) is 22.4 Å². The summed E-state index contributed by atoms with van der Waals surface area (Å²) in [5, 5.41) is 0. The largest absolute Gasteiger partial charge is 0.495 e. The number of ether oxygens (including phenoxy) is 2. The maximum atomic E-state index is 13.4. The number of carbonyl (C=O) groups is 2. The van der Waals surface area contributed by atoms with Crippen molar-refractivity contribution in [1.29, 1.82) is 0 Å². The summed E-state index contributed by atoms with van der Waals surface area (Å²) in [5.41, 5.74) is 1.22. The molecule has 0 saturated heterocycles. The van der Waals surface area contributed by atoms with Crippen LogP contribution >= 0.6 is 0 Å². The van der Waals surface area contributed by atoms with E-state index in [1.807, 2.05) is 18.9 Å². The summed E-state index contributed by atoms with van der Waals surface area (Å²) < 4.78 is 52.7. The molecule has 1 heterocycles. The highest BCUT2D eigenvalue weighted by Gasteiger charge is 2.39. The molecule has 2 aromatic carbocycles. The summed E-state index contributed by atoms with van der Waals surface area (Å²) in [5.74, 6) is -1.55. The van der Waals surface area contributed by atoms with Gasteiger partial charge in [-0.25, -0.2) is 22.3 Å². The average Bonchev–Trinajstić information content (AvgIpc) is 2.86. The highest BCUT2D eigenvalue weighted by Crippen LogP contribution is 2.37. The molecule has 1 atom stereocenters. The lowest BCUT2D eigenvalue weighted by Crippen LogP contribution is -2.44. The van der Waals surface area contributed by atoms with E-state index in [0.29, 0.717) is 24.1 Å². The van der Waals surface area contributed by atoms with Gasteiger partial charge in [-0.1, -0.05) is 6.92 Å². The minimum absolute atomic E-state index is 0.133. The van der Waals surface area contributed by atoms with Gasteiger partial charge in [0.25, 0.3) is 5.91 Å². The molecule has 1 amide bonds. The van der Waals surface area contributed by atoms with Gasteiger partial charge in [0.15, 0.2) is 6.04 Å². The van der Waals surface area contributed by atoms with Gasteiger partial charge in [-0.2, -0.15) is 0 Å². The van der Waals surface area contributed by atoms with Gasteiger partial charge in [0.05, 0.1) is 14.2 Å². The second kappa shape index (κ2) is 11.8. The first-order valence-electron chi connectivity index (χ1n) is 11.7. The number of methoxy groups -OCH3 is 2. The number of esters is 1. The number of rotatable bonds is 10. The van der Waals surface area contributed by atoms with Crippen LogP contribution in [0.3, 0.4) is 0 Å². The first-order valence-corrected chi connectivity index (χ1v) is 13.1. The van der Waals surface area contributed by atoms with E-state index >= 15 is 0 Å². The summed E-state index contributed by atoms with van der Waals surface area (Å²) in [7, 11) is 0.488. The van der Waals surface area contributed by atoms with Gasteiger partial charge >= 0.3 is 5.97 Å². The molecule has 9 nitrogen and oxygen atoms in total. The minimum atomic E-state index is -4.00. The fourth-order valence-electron chi connectivity index (χ4n) is 4.28. The van der Waals surface area contributed by atoms with Crippen molar-refractivity contribution >= 4 is 21.9 Å². The van der Waals surface area contributed by atoms with Gasteiger partial charge in [0.2, 0.25) is 10.0 Å². The number of benzene rings is 2. The number of sulfonamides is 1. The van der Waals surface area contributed by atoms with Crippen molar-refractivity contribution in [2.75, 3.05) is 47.4 Å². The van der Waals surface area contributed by atoms with Crippen molar-refractivity contribution in [3.63, 3.8) is 0 Å². The minimum Gasteiger partial charge on any atom is -0.495 e. The summed E-state index contributed by atoms with van der Waals surface area (Å²) in [6.07, 6.45) is 1.31. The highest BCUT2D eigenvalue weighted by atomic mass is 32.2. The van der Waals surface area contributed by atoms with Crippen molar-refractivity contribution in [1.82, 2.24) is 14.5 Å². The molecule has 11 heteroatoms. The van der Waals surface area contributed by atoms with Crippen LogP contribution in [0.5, 0.6) is 5.75 Å². The van der Waals surface area contributed by atoms with Crippen LogP contribution < -0.4 is 9.46 Å². The molecule has 0 bridgehead atoms. The smallest absolute Gasteiger partial charge is 0.333 e. The molecule has 0 spiro atoms. The van der Waals surface area contributed by atoms with Crippen molar-refractivity contribution < 1.29 is 31.9 Å². The topological polar surface area (TPSA) is 105 Å². The van der Waals surface area contributed by atoms with E-state index in [4.69, 9.17) is 9.47 Å². The molecule has 0 aliphatic carbocycles. The van der Waals surface area contributed by atoms with Gasteiger partial charge in [-0.15, -0.1) is 0 Å². The van der Waals surface area contributed by atoms with Gasteiger partial charge in [0.1, 0.15) is 16.5 Å². The maximum Gasteiger partial charge on any atom is 0.333 e. The standard InChI is InChI=1S/C25H32FN3O6S/c1-5-12-28(2)14-11-27-36(32,33)22-16-20-18(15-21(22)34-3)10-13-29(23(20)25(31)35-4)24(30)17-6-8-19(26)9-7-17/h6-9,15-16,23,27H,5,10-14H2,1-4H3. The van der Waals surface area contributed by atoms with Crippen LogP contribution in [0.15, 0.2) is 41.3 Å². The molecule has 1 unspecified atom stereocenters. The maximum absolute atomic E-state index is 13.4. The number of likely N-dealkylation sites (N-methyl/N-ethyl adjacent to an activating group) is 1. The zero-order chi connectivity index (χ0) is 26.5. The lowest BCUT2D eigenvalue weighted by atomic mass is 9.91. The Morgan fingerprint density at radius 1 is 1.17 bits per heavy atom. The van der Waals surface area contributed by atoms with Crippen LogP contribution in [0.4, 0.5) is 4.39 Å². The van der Waals surface area contributed by atoms with E-state index in [-0.39, 0.29) is 29.3 Å². The molecule has 0 saturated carbocycles. The van der Waals surface area contributed by atoms with Crippen molar-refractivity contribution in [2.45, 2.75) is 30.7 Å². The van der Waals surface area contributed by atoms with Crippen molar-refractivity contribution in [3.8, 4) is 5.75 Å². The lowest BCUT2D eigenvalue weighted by molar-refractivity contribution is -0.146. The first kappa shape index (κ1) is 27.6. The number of fused-ring (bicyclic) bond motifs is 1.